The van der Waals surface area contributed by atoms with Crippen molar-refractivity contribution in [2.75, 3.05) is 0 Å². The molecule has 0 heterocycles. The van der Waals surface area contributed by atoms with Crippen LogP contribution in [0.5, 0.6) is 0 Å². The summed E-state index contributed by atoms with van der Waals surface area (Å²) in [5, 5.41) is 7.42. The van der Waals surface area contributed by atoms with Gasteiger partial charge in [0.1, 0.15) is 0 Å². The van der Waals surface area contributed by atoms with Crippen LogP contribution in [0.15, 0.2) is 23.8 Å². The average Bonchev–Trinajstić information content (AvgIpc) is 2.40. The van der Waals surface area contributed by atoms with Gasteiger partial charge in [-0.25, -0.2) is 0 Å². The number of carboxylic acid groups (broad SMARTS) is 1. The number of carbonyl (C=O) groups is 1. The molecular weight excluding hydrogens is 128 g/mol. The van der Waals surface area contributed by atoms with Crippen LogP contribution < -0.4 is 0 Å². The van der Waals surface area contributed by atoms with Crippen molar-refractivity contribution in [3.8, 4) is 0 Å². The molecular formula is C8H10O2. The van der Waals surface area contributed by atoms with Gasteiger partial charge in [0.25, 0.3) is 5.97 Å². The molecule has 0 aromatic heterocycles. The molecule has 0 aromatic rings. The zero-order valence-electron chi connectivity index (χ0n) is 5.87. The van der Waals surface area contributed by atoms with Gasteiger partial charge in [0.2, 0.25) is 0 Å². The molecule has 1 saturated carbocycles. The zero-order chi connectivity index (χ0) is 7.56. The summed E-state index contributed by atoms with van der Waals surface area (Å²) in [6.45, 7) is 1.08. The van der Waals surface area contributed by atoms with Gasteiger partial charge in [0, 0.05) is 12.8 Å². The fraction of sp³-hybridized carbons (Fsp3) is 0.375. The van der Waals surface area contributed by atoms with Gasteiger partial charge in [-0.05, 0) is 6.42 Å². The van der Waals surface area contributed by atoms with Crippen molar-refractivity contribution in [1.82, 2.24) is 0 Å². The van der Waals surface area contributed by atoms with E-state index in [4.69, 9.17) is 9.90 Å². The van der Waals surface area contributed by atoms with E-state index < -0.39 is 5.97 Å². The Labute approximate surface area is 59.9 Å². The van der Waals surface area contributed by atoms with E-state index in [0.717, 1.165) is 12.8 Å². The van der Waals surface area contributed by atoms with Crippen LogP contribution in [0, 0.1) is 5.92 Å². The molecule has 0 bridgehead atoms. The summed E-state index contributed by atoms with van der Waals surface area (Å²) in [5.74, 6) is 0.0602. The highest BCUT2D eigenvalue weighted by molar-refractivity contribution is 5.62. The third-order valence-corrected chi connectivity index (χ3v) is 1.43. The van der Waals surface area contributed by atoms with E-state index in [0.29, 0.717) is 0 Å². The van der Waals surface area contributed by atoms with E-state index in [1.165, 1.54) is 6.42 Å². The molecule has 2 aliphatic carbocycles. The van der Waals surface area contributed by atoms with E-state index in [1.807, 2.05) is 0 Å². The zero-order valence-corrected chi connectivity index (χ0v) is 5.87. The molecule has 0 aliphatic heterocycles. The predicted molar refractivity (Wildman–Crippen MR) is 38.6 cm³/mol. The Morgan fingerprint density at radius 3 is 2.50 bits per heavy atom. The van der Waals surface area contributed by atoms with Gasteiger partial charge in [0.15, 0.2) is 0 Å². The van der Waals surface area contributed by atoms with E-state index >= 15 is 0 Å². The van der Waals surface area contributed by atoms with Gasteiger partial charge in [0.05, 0.1) is 0 Å². The molecule has 1 unspecified atom stereocenters. The number of aliphatic carboxylic acids is 1. The van der Waals surface area contributed by atoms with Crippen molar-refractivity contribution in [2.45, 2.75) is 13.3 Å². The summed E-state index contributed by atoms with van der Waals surface area (Å²) in [6, 6.07) is 0. The smallest absolute Gasteiger partial charge is 0.300 e. The van der Waals surface area contributed by atoms with Gasteiger partial charge in [-0.2, -0.15) is 0 Å². The molecule has 2 rings (SSSR count). The molecule has 54 valence electrons. The van der Waals surface area contributed by atoms with Gasteiger partial charge >= 0.3 is 0 Å². The maximum atomic E-state index is 9.00. The first-order valence-electron chi connectivity index (χ1n) is 3.27. The van der Waals surface area contributed by atoms with Crippen molar-refractivity contribution in [2.24, 2.45) is 5.92 Å². The fourth-order valence-electron chi connectivity index (χ4n) is 0.892. The van der Waals surface area contributed by atoms with E-state index in [9.17, 15) is 0 Å². The molecule has 0 radical (unpaired) electrons. The number of carboxylic acids is 1. The third-order valence-electron chi connectivity index (χ3n) is 1.43. The minimum Gasteiger partial charge on any atom is -0.481 e. The van der Waals surface area contributed by atoms with Crippen LogP contribution in [0.4, 0.5) is 0 Å². The number of allylic oxidation sites excluding steroid dienone is 4. The van der Waals surface area contributed by atoms with E-state index in [-0.39, 0.29) is 0 Å². The lowest BCUT2D eigenvalue weighted by Crippen LogP contribution is -1.78. The topological polar surface area (TPSA) is 37.3 Å². The third kappa shape index (κ3) is 2.05. The lowest BCUT2D eigenvalue weighted by atomic mass is 10.4. The monoisotopic (exact) mass is 138 g/mol. The number of hydrogen-bond acceptors (Lipinski definition) is 1. The number of hydrogen-bond donors (Lipinski definition) is 1. The van der Waals surface area contributed by atoms with Crippen LogP contribution in [0.25, 0.3) is 0 Å². The second kappa shape index (κ2) is 2.69. The molecule has 2 heteroatoms. The highest BCUT2D eigenvalue weighted by atomic mass is 16.4. The molecule has 10 heavy (non-hydrogen) atoms. The predicted octanol–water partition coefficient (Wildman–Crippen LogP) is 1.59. The largest absolute Gasteiger partial charge is 0.481 e. The SMILES string of the molecule is C1=CC2CC2=C1.CC(=O)O. The Morgan fingerprint density at radius 2 is 2.40 bits per heavy atom. The normalized spacial score (nSPS) is 24.1. The van der Waals surface area contributed by atoms with Crippen molar-refractivity contribution in [3.63, 3.8) is 0 Å². The van der Waals surface area contributed by atoms with E-state index in [2.05, 4.69) is 18.2 Å². The van der Waals surface area contributed by atoms with Crippen LogP contribution in [-0.4, -0.2) is 11.1 Å². The molecule has 0 saturated heterocycles. The summed E-state index contributed by atoms with van der Waals surface area (Å²) in [5.41, 5.74) is 1.63. The van der Waals surface area contributed by atoms with Crippen LogP contribution in [0.2, 0.25) is 0 Å². The van der Waals surface area contributed by atoms with Crippen molar-refractivity contribution in [3.05, 3.63) is 23.8 Å². The first-order chi connectivity index (χ1) is 4.70. The molecule has 0 aromatic carbocycles. The lowest BCUT2D eigenvalue weighted by Gasteiger charge is -1.62. The Bertz CT molecular complexity index is 197. The van der Waals surface area contributed by atoms with Crippen LogP contribution in [0.1, 0.15) is 13.3 Å². The minimum atomic E-state index is -0.833. The maximum absolute atomic E-state index is 9.00. The minimum absolute atomic E-state index is 0.833. The fourth-order valence-corrected chi connectivity index (χ4v) is 0.892. The van der Waals surface area contributed by atoms with Crippen molar-refractivity contribution < 1.29 is 9.90 Å². The summed E-state index contributed by atoms with van der Waals surface area (Å²) < 4.78 is 0. The van der Waals surface area contributed by atoms with Gasteiger partial charge in [-0.1, -0.05) is 23.8 Å². The van der Waals surface area contributed by atoms with Gasteiger partial charge < -0.3 is 5.11 Å². The average molecular weight is 138 g/mol. The lowest BCUT2D eigenvalue weighted by molar-refractivity contribution is -0.134. The van der Waals surface area contributed by atoms with Gasteiger partial charge in [-0.3, -0.25) is 4.79 Å². The van der Waals surface area contributed by atoms with E-state index in [1.54, 1.807) is 5.57 Å². The number of rotatable bonds is 0. The molecule has 1 N–H and O–H groups in total. The first kappa shape index (κ1) is 7.06. The Hall–Kier alpha value is -1.05. The van der Waals surface area contributed by atoms with Crippen LogP contribution >= 0.6 is 0 Å². The standard InChI is InChI=1S/C6H6.C2H4O2/c1-2-5-4-6(5)3-1;1-2(3)4/h1-3,5H,4H2;1H3,(H,3,4). The summed E-state index contributed by atoms with van der Waals surface area (Å²) in [6.07, 6.45) is 7.97. The molecule has 2 nitrogen and oxygen atoms in total. The van der Waals surface area contributed by atoms with Crippen LogP contribution in [-0.2, 0) is 4.79 Å². The quantitative estimate of drug-likeness (QED) is 0.552. The summed E-state index contributed by atoms with van der Waals surface area (Å²) in [4.78, 5) is 9.00. The Morgan fingerprint density at radius 1 is 1.80 bits per heavy atom. The molecule has 0 spiro atoms. The van der Waals surface area contributed by atoms with Crippen LogP contribution in [0.3, 0.4) is 0 Å². The second-order valence-corrected chi connectivity index (χ2v) is 2.46. The summed E-state index contributed by atoms with van der Waals surface area (Å²) in [7, 11) is 0. The van der Waals surface area contributed by atoms with Crippen molar-refractivity contribution in [1.29, 1.82) is 0 Å². The first-order valence-corrected chi connectivity index (χ1v) is 3.27. The molecule has 1 fully saturated rings. The Kier molecular flexibility index (Phi) is 1.90. The second-order valence-electron chi connectivity index (χ2n) is 2.46. The molecule has 1 atom stereocenters. The van der Waals surface area contributed by atoms with Gasteiger partial charge in [-0.15, -0.1) is 0 Å². The highest BCUT2D eigenvalue weighted by Crippen LogP contribution is 2.42. The molecule has 0 amide bonds. The van der Waals surface area contributed by atoms with Crippen molar-refractivity contribution >= 4 is 5.97 Å². The highest BCUT2D eigenvalue weighted by Gasteiger charge is 2.28. The number of fused-ring (bicyclic) bond motifs is 1. The Balaban J connectivity index is 0.000000112. The maximum Gasteiger partial charge on any atom is 0.300 e. The molecule has 2 aliphatic rings. The summed E-state index contributed by atoms with van der Waals surface area (Å²) >= 11 is 0.